The number of benzene rings is 1. The van der Waals surface area contributed by atoms with Gasteiger partial charge in [0.05, 0.1) is 0 Å². The lowest BCUT2D eigenvalue weighted by Crippen LogP contribution is -2.37. The Balaban J connectivity index is 1.77. The van der Waals surface area contributed by atoms with Crippen LogP contribution in [0.15, 0.2) is 36.0 Å². The molecule has 2 amide bonds. The van der Waals surface area contributed by atoms with E-state index in [-0.39, 0.29) is 6.03 Å². The smallest absolute Gasteiger partial charge is 0.300 e. The van der Waals surface area contributed by atoms with Crippen molar-refractivity contribution in [1.82, 2.24) is 9.80 Å². The van der Waals surface area contributed by atoms with Gasteiger partial charge in [0, 0.05) is 42.6 Å². The predicted molar refractivity (Wildman–Crippen MR) is 81.1 cm³/mol. The van der Waals surface area contributed by atoms with Gasteiger partial charge in [-0.15, -0.1) is 0 Å². The second-order valence-corrected chi connectivity index (χ2v) is 5.72. The van der Waals surface area contributed by atoms with E-state index >= 15 is 0 Å². The molecule has 0 unspecified atom stereocenters. The highest BCUT2D eigenvalue weighted by molar-refractivity contribution is 6.30. The summed E-state index contributed by atoms with van der Waals surface area (Å²) in [7, 11) is 2.09. The summed E-state index contributed by atoms with van der Waals surface area (Å²) in [6.07, 6.45) is 3.19. The molecule has 0 spiro atoms. The molecule has 1 aromatic carbocycles. The van der Waals surface area contributed by atoms with Gasteiger partial charge in [0.15, 0.2) is 0 Å². The van der Waals surface area contributed by atoms with E-state index in [1.165, 1.54) is 0 Å². The highest BCUT2D eigenvalue weighted by Crippen LogP contribution is 2.25. The Morgan fingerprint density at radius 1 is 1.05 bits per heavy atom. The second kappa shape index (κ2) is 5.46. The maximum atomic E-state index is 12.6. The fourth-order valence-electron chi connectivity index (χ4n) is 2.73. The molecule has 1 fully saturated rings. The lowest BCUT2D eigenvalue weighted by molar-refractivity contribution is 0.223. The van der Waals surface area contributed by atoms with E-state index in [2.05, 4.69) is 18.0 Å². The number of anilines is 1. The first-order chi connectivity index (χ1) is 9.65. The molecule has 0 N–H and O–H groups in total. The molecule has 0 aromatic heterocycles. The van der Waals surface area contributed by atoms with Crippen LogP contribution in [0, 0.1) is 0 Å². The van der Waals surface area contributed by atoms with Crippen LogP contribution in [-0.4, -0.2) is 49.1 Å². The lowest BCUT2D eigenvalue weighted by atomic mass is 10.2. The number of halogens is 1. The predicted octanol–water partition coefficient (Wildman–Crippen LogP) is 2.80. The summed E-state index contributed by atoms with van der Waals surface area (Å²) in [5.74, 6) is 0. The first-order valence-electron chi connectivity index (χ1n) is 6.87. The van der Waals surface area contributed by atoms with E-state index in [4.69, 9.17) is 11.6 Å². The monoisotopic (exact) mass is 291 g/mol. The summed E-state index contributed by atoms with van der Waals surface area (Å²) in [6.45, 7) is 3.38. The van der Waals surface area contributed by atoms with Crippen molar-refractivity contribution in [2.24, 2.45) is 0 Å². The Hall–Kier alpha value is -1.52. The molecule has 0 bridgehead atoms. The standard InChI is InChI=1S/C15H18ClN3O/c1-17-8-2-3-14(11-17)19-10-9-18(15(19)20)13-6-4-12(16)5-7-13/h3-7H,2,8-11H2,1H3. The van der Waals surface area contributed by atoms with Crippen molar-refractivity contribution in [1.29, 1.82) is 0 Å². The molecular formula is C15H18ClN3O. The molecule has 3 rings (SSSR count). The van der Waals surface area contributed by atoms with Crippen molar-refractivity contribution in [3.05, 3.63) is 41.1 Å². The van der Waals surface area contributed by atoms with Gasteiger partial charge in [-0.25, -0.2) is 4.79 Å². The van der Waals surface area contributed by atoms with E-state index in [0.29, 0.717) is 5.02 Å². The van der Waals surface area contributed by atoms with Crippen molar-refractivity contribution in [3.8, 4) is 0 Å². The number of hydrogen-bond acceptors (Lipinski definition) is 2. The van der Waals surface area contributed by atoms with Crippen LogP contribution in [0.1, 0.15) is 6.42 Å². The third-order valence-electron chi connectivity index (χ3n) is 3.82. The van der Waals surface area contributed by atoms with Gasteiger partial charge in [-0.2, -0.15) is 0 Å². The summed E-state index contributed by atoms with van der Waals surface area (Å²) in [4.78, 5) is 18.5. The number of urea groups is 1. The second-order valence-electron chi connectivity index (χ2n) is 5.28. The van der Waals surface area contributed by atoms with Gasteiger partial charge in [0.1, 0.15) is 0 Å². The number of rotatable bonds is 2. The van der Waals surface area contributed by atoms with Gasteiger partial charge in [0.25, 0.3) is 0 Å². The first kappa shape index (κ1) is 13.5. The SMILES string of the molecule is CN1CCC=C(N2CCN(c3ccc(Cl)cc3)C2=O)C1. The maximum Gasteiger partial charge on any atom is 0.328 e. The summed E-state index contributed by atoms with van der Waals surface area (Å²) in [5.41, 5.74) is 2.03. The first-order valence-corrected chi connectivity index (χ1v) is 7.25. The normalized spacial score (nSPS) is 20.5. The maximum absolute atomic E-state index is 12.6. The average Bonchev–Trinajstić information content (AvgIpc) is 2.82. The molecule has 2 aliphatic rings. The largest absolute Gasteiger partial charge is 0.328 e. The number of carbonyl (C=O) groups is 1. The molecule has 2 aliphatic heterocycles. The Morgan fingerprint density at radius 3 is 2.45 bits per heavy atom. The van der Waals surface area contributed by atoms with Crippen molar-refractivity contribution >= 4 is 23.3 Å². The number of hydrogen-bond donors (Lipinski definition) is 0. The third kappa shape index (κ3) is 2.53. The summed E-state index contributed by atoms with van der Waals surface area (Å²) in [5, 5.41) is 0.689. The Labute approximate surface area is 124 Å². The number of carbonyl (C=O) groups excluding carboxylic acids is 1. The molecule has 0 atom stereocenters. The minimum atomic E-state index is 0.0638. The van der Waals surface area contributed by atoms with Crippen molar-refractivity contribution in [3.63, 3.8) is 0 Å². The molecule has 0 saturated carbocycles. The minimum Gasteiger partial charge on any atom is -0.300 e. The van der Waals surface area contributed by atoms with Crippen LogP contribution in [0.3, 0.4) is 0 Å². The molecule has 106 valence electrons. The zero-order chi connectivity index (χ0) is 14.1. The molecule has 0 aliphatic carbocycles. The van der Waals surface area contributed by atoms with Crippen molar-refractivity contribution < 1.29 is 4.79 Å². The van der Waals surface area contributed by atoms with Gasteiger partial charge < -0.3 is 4.90 Å². The fraction of sp³-hybridized carbons (Fsp3) is 0.400. The zero-order valence-corrected chi connectivity index (χ0v) is 12.3. The number of likely N-dealkylation sites (N-methyl/N-ethyl adjacent to an activating group) is 1. The highest BCUT2D eigenvalue weighted by atomic mass is 35.5. The minimum absolute atomic E-state index is 0.0638. The summed E-state index contributed by atoms with van der Waals surface area (Å²) in [6, 6.07) is 7.49. The number of nitrogens with zero attached hydrogens (tertiary/aromatic N) is 3. The fourth-order valence-corrected chi connectivity index (χ4v) is 2.86. The van der Waals surface area contributed by atoms with Crippen LogP contribution in [0.2, 0.25) is 5.02 Å². The molecule has 0 radical (unpaired) electrons. The van der Waals surface area contributed by atoms with E-state index < -0.39 is 0 Å². The lowest BCUT2D eigenvalue weighted by Gasteiger charge is -2.28. The Bertz CT molecular complexity index is 541. The highest BCUT2D eigenvalue weighted by Gasteiger charge is 2.32. The van der Waals surface area contributed by atoms with E-state index in [9.17, 15) is 4.79 Å². The van der Waals surface area contributed by atoms with Crippen LogP contribution in [0.25, 0.3) is 0 Å². The van der Waals surface area contributed by atoms with Gasteiger partial charge in [0.2, 0.25) is 0 Å². The third-order valence-corrected chi connectivity index (χ3v) is 4.07. The molecule has 5 heteroatoms. The topological polar surface area (TPSA) is 26.8 Å². The quantitative estimate of drug-likeness (QED) is 0.838. The van der Waals surface area contributed by atoms with Gasteiger partial charge in [-0.3, -0.25) is 9.80 Å². The van der Waals surface area contributed by atoms with Crippen LogP contribution < -0.4 is 4.90 Å². The van der Waals surface area contributed by atoms with Crippen LogP contribution in [0.4, 0.5) is 10.5 Å². The molecule has 20 heavy (non-hydrogen) atoms. The van der Waals surface area contributed by atoms with Gasteiger partial charge in [-0.1, -0.05) is 17.7 Å². The number of amides is 2. The zero-order valence-electron chi connectivity index (χ0n) is 11.6. The van der Waals surface area contributed by atoms with E-state index in [1.54, 1.807) is 0 Å². The summed E-state index contributed by atoms with van der Waals surface area (Å²) >= 11 is 5.89. The van der Waals surface area contributed by atoms with Crippen LogP contribution >= 0.6 is 11.6 Å². The Morgan fingerprint density at radius 2 is 1.75 bits per heavy atom. The van der Waals surface area contributed by atoms with E-state index in [0.717, 1.165) is 44.0 Å². The van der Waals surface area contributed by atoms with Crippen LogP contribution in [-0.2, 0) is 0 Å². The van der Waals surface area contributed by atoms with E-state index in [1.807, 2.05) is 34.1 Å². The molecular weight excluding hydrogens is 274 g/mol. The molecule has 1 saturated heterocycles. The molecule has 1 aromatic rings. The van der Waals surface area contributed by atoms with Crippen LogP contribution in [0.5, 0.6) is 0 Å². The van der Waals surface area contributed by atoms with Crippen molar-refractivity contribution in [2.45, 2.75) is 6.42 Å². The molecule has 4 nitrogen and oxygen atoms in total. The molecule has 2 heterocycles. The van der Waals surface area contributed by atoms with Gasteiger partial charge >= 0.3 is 6.03 Å². The van der Waals surface area contributed by atoms with Crippen molar-refractivity contribution in [2.75, 3.05) is 38.1 Å². The average molecular weight is 292 g/mol. The Kier molecular flexibility index (Phi) is 3.68. The summed E-state index contributed by atoms with van der Waals surface area (Å²) < 4.78 is 0. The van der Waals surface area contributed by atoms with Gasteiger partial charge in [-0.05, 0) is 37.7 Å².